The summed E-state index contributed by atoms with van der Waals surface area (Å²) in [7, 11) is 2.14. The highest BCUT2D eigenvalue weighted by Gasteiger charge is 2.26. The lowest BCUT2D eigenvalue weighted by Gasteiger charge is -2.27. The van der Waals surface area contributed by atoms with E-state index in [0.29, 0.717) is 11.7 Å². The Hall–Kier alpha value is -2.50. The first-order valence-electron chi connectivity index (χ1n) is 9.68. The number of likely N-dealkylation sites (N-methyl/N-ethyl adjacent to an activating group) is 1. The van der Waals surface area contributed by atoms with Crippen molar-refractivity contribution in [3.05, 3.63) is 72.1 Å². The Morgan fingerprint density at radius 1 is 1.00 bits per heavy atom. The van der Waals surface area contributed by atoms with Gasteiger partial charge in [0, 0.05) is 18.7 Å². The first-order valence-corrected chi connectivity index (χ1v) is 9.68. The molecule has 0 bridgehead atoms. The zero-order chi connectivity index (χ0) is 18.5. The van der Waals surface area contributed by atoms with Gasteiger partial charge in [-0.15, -0.1) is 0 Å². The van der Waals surface area contributed by atoms with E-state index in [4.69, 9.17) is 9.51 Å². The number of hydrogen-bond donors (Lipinski definition) is 0. The summed E-state index contributed by atoms with van der Waals surface area (Å²) in [4.78, 5) is 9.57. The molecule has 2 heterocycles. The van der Waals surface area contributed by atoms with Crippen molar-refractivity contribution in [1.82, 2.24) is 19.9 Å². The van der Waals surface area contributed by atoms with Gasteiger partial charge >= 0.3 is 0 Å². The molecule has 5 heteroatoms. The average Bonchev–Trinajstić information content (AvgIpc) is 3.41. The molecular weight excluding hydrogens is 336 g/mol. The summed E-state index contributed by atoms with van der Waals surface area (Å²) >= 11 is 0. The molecule has 27 heavy (non-hydrogen) atoms. The number of rotatable bonds is 7. The highest BCUT2D eigenvalue weighted by molar-refractivity contribution is 5.53. The van der Waals surface area contributed by atoms with Crippen molar-refractivity contribution < 1.29 is 4.52 Å². The quantitative estimate of drug-likeness (QED) is 0.639. The zero-order valence-electron chi connectivity index (χ0n) is 15.8. The fourth-order valence-electron chi connectivity index (χ4n) is 3.71. The van der Waals surface area contributed by atoms with Crippen LogP contribution in [0.15, 0.2) is 65.2 Å². The lowest BCUT2D eigenvalue weighted by molar-refractivity contribution is 0.197. The molecule has 1 aromatic heterocycles. The van der Waals surface area contributed by atoms with Crippen LogP contribution in [0.3, 0.4) is 0 Å². The number of aromatic nitrogens is 2. The summed E-state index contributed by atoms with van der Waals surface area (Å²) in [6, 6.07) is 20.3. The molecule has 4 rings (SSSR count). The van der Waals surface area contributed by atoms with Crippen LogP contribution in [-0.2, 0) is 0 Å². The molecule has 0 amide bonds. The molecule has 1 atom stereocenters. The highest BCUT2D eigenvalue weighted by atomic mass is 16.5. The van der Waals surface area contributed by atoms with Crippen LogP contribution in [0.1, 0.15) is 30.3 Å². The highest BCUT2D eigenvalue weighted by Crippen LogP contribution is 2.28. The molecule has 0 spiro atoms. The van der Waals surface area contributed by atoms with E-state index in [-0.39, 0.29) is 6.04 Å². The van der Waals surface area contributed by atoms with E-state index in [1.54, 1.807) is 0 Å². The molecule has 5 nitrogen and oxygen atoms in total. The Bertz CT molecular complexity index is 828. The molecule has 1 aliphatic rings. The van der Waals surface area contributed by atoms with E-state index in [1.165, 1.54) is 31.5 Å². The third-order valence-corrected chi connectivity index (χ3v) is 5.23. The van der Waals surface area contributed by atoms with Crippen molar-refractivity contribution in [2.75, 3.05) is 33.2 Å². The smallest absolute Gasteiger partial charge is 0.248 e. The minimum Gasteiger partial charge on any atom is -0.337 e. The van der Waals surface area contributed by atoms with Gasteiger partial charge in [0.15, 0.2) is 0 Å². The van der Waals surface area contributed by atoms with Gasteiger partial charge in [-0.1, -0.05) is 65.8 Å². The van der Waals surface area contributed by atoms with Gasteiger partial charge in [-0.3, -0.25) is 4.90 Å². The fraction of sp³-hybridized carbons (Fsp3) is 0.364. The second-order valence-corrected chi connectivity index (χ2v) is 7.16. The zero-order valence-corrected chi connectivity index (χ0v) is 15.8. The first-order chi connectivity index (χ1) is 13.3. The van der Waals surface area contributed by atoms with Crippen molar-refractivity contribution >= 4 is 0 Å². The lowest BCUT2D eigenvalue weighted by atomic mass is 10.1. The van der Waals surface area contributed by atoms with E-state index >= 15 is 0 Å². The summed E-state index contributed by atoms with van der Waals surface area (Å²) in [5.74, 6) is 1.28. The molecule has 1 aliphatic heterocycles. The number of hydrogen-bond acceptors (Lipinski definition) is 5. The Morgan fingerprint density at radius 2 is 1.67 bits per heavy atom. The molecule has 0 saturated carbocycles. The van der Waals surface area contributed by atoms with E-state index < -0.39 is 0 Å². The fourth-order valence-corrected chi connectivity index (χ4v) is 3.71. The normalized spacial score (nSPS) is 16.1. The van der Waals surface area contributed by atoms with Crippen LogP contribution >= 0.6 is 0 Å². The summed E-state index contributed by atoms with van der Waals surface area (Å²) in [6.07, 6.45) is 2.63. The van der Waals surface area contributed by atoms with Gasteiger partial charge in [-0.2, -0.15) is 4.98 Å². The standard InChI is InChI=1S/C22H26N4O/c1-25(16-17-26-14-8-9-15-26)20(18-10-4-2-5-11-18)22-23-21(24-27-22)19-12-6-3-7-13-19/h2-7,10-13,20H,8-9,14-17H2,1H3/t20-/m1/s1. The minimum absolute atomic E-state index is 0.0428. The van der Waals surface area contributed by atoms with Crippen molar-refractivity contribution in [2.45, 2.75) is 18.9 Å². The van der Waals surface area contributed by atoms with Gasteiger partial charge in [0.2, 0.25) is 11.7 Å². The Labute approximate surface area is 160 Å². The molecule has 0 unspecified atom stereocenters. The second kappa shape index (κ2) is 8.46. The predicted octanol–water partition coefficient (Wildman–Crippen LogP) is 3.85. The van der Waals surface area contributed by atoms with E-state index in [2.05, 4.69) is 46.3 Å². The number of nitrogens with zero attached hydrogens (tertiary/aromatic N) is 4. The maximum absolute atomic E-state index is 5.71. The van der Waals surface area contributed by atoms with Crippen molar-refractivity contribution in [1.29, 1.82) is 0 Å². The molecular formula is C22H26N4O. The molecule has 140 valence electrons. The van der Waals surface area contributed by atoms with E-state index in [1.807, 2.05) is 36.4 Å². The first kappa shape index (κ1) is 17.9. The van der Waals surface area contributed by atoms with Gasteiger partial charge in [-0.25, -0.2) is 0 Å². The predicted molar refractivity (Wildman–Crippen MR) is 106 cm³/mol. The third kappa shape index (κ3) is 4.26. The maximum atomic E-state index is 5.71. The summed E-state index contributed by atoms with van der Waals surface area (Å²) < 4.78 is 5.71. The Balaban J connectivity index is 1.57. The van der Waals surface area contributed by atoms with Crippen molar-refractivity contribution in [2.24, 2.45) is 0 Å². The monoisotopic (exact) mass is 362 g/mol. The molecule has 3 aromatic rings. The number of benzene rings is 2. The summed E-state index contributed by atoms with van der Waals surface area (Å²) in [6.45, 7) is 4.45. The molecule has 0 N–H and O–H groups in total. The SMILES string of the molecule is CN(CCN1CCCC1)[C@H](c1ccccc1)c1nc(-c2ccccc2)no1. The molecule has 0 aliphatic carbocycles. The molecule has 1 saturated heterocycles. The van der Waals surface area contributed by atoms with Crippen LogP contribution in [0.25, 0.3) is 11.4 Å². The van der Waals surface area contributed by atoms with Crippen molar-refractivity contribution in [3.8, 4) is 11.4 Å². The van der Waals surface area contributed by atoms with Crippen molar-refractivity contribution in [3.63, 3.8) is 0 Å². The third-order valence-electron chi connectivity index (χ3n) is 5.23. The van der Waals surface area contributed by atoms with Crippen LogP contribution in [0.4, 0.5) is 0 Å². The van der Waals surface area contributed by atoms with E-state index in [0.717, 1.165) is 18.7 Å². The van der Waals surface area contributed by atoms with Crippen LogP contribution < -0.4 is 0 Å². The summed E-state index contributed by atoms with van der Waals surface area (Å²) in [5.41, 5.74) is 2.14. The summed E-state index contributed by atoms with van der Waals surface area (Å²) in [5, 5.41) is 4.23. The van der Waals surface area contributed by atoms with Gasteiger partial charge < -0.3 is 9.42 Å². The largest absolute Gasteiger partial charge is 0.337 e. The lowest BCUT2D eigenvalue weighted by Crippen LogP contribution is -2.34. The second-order valence-electron chi connectivity index (χ2n) is 7.16. The van der Waals surface area contributed by atoms with Crippen LogP contribution in [0, 0.1) is 0 Å². The van der Waals surface area contributed by atoms with Gasteiger partial charge in [-0.05, 0) is 38.5 Å². The number of likely N-dealkylation sites (tertiary alicyclic amines) is 1. The minimum atomic E-state index is -0.0428. The molecule has 0 radical (unpaired) electrons. The van der Waals surface area contributed by atoms with Gasteiger partial charge in [0.05, 0.1) is 0 Å². The average molecular weight is 362 g/mol. The molecule has 2 aromatic carbocycles. The molecule has 1 fully saturated rings. The maximum Gasteiger partial charge on any atom is 0.248 e. The van der Waals surface area contributed by atoms with Gasteiger partial charge in [0.1, 0.15) is 6.04 Å². The Kier molecular flexibility index (Phi) is 5.61. The van der Waals surface area contributed by atoms with Crippen LogP contribution in [-0.4, -0.2) is 53.2 Å². The van der Waals surface area contributed by atoms with Crippen LogP contribution in [0.5, 0.6) is 0 Å². The van der Waals surface area contributed by atoms with Crippen LogP contribution in [0.2, 0.25) is 0 Å². The van der Waals surface area contributed by atoms with E-state index in [9.17, 15) is 0 Å². The topological polar surface area (TPSA) is 45.4 Å². The van der Waals surface area contributed by atoms with Gasteiger partial charge in [0.25, 0.3) is 0 Å². The Morgan fingerprint density at radius 3 is 2.37 bits per heavy atom.